The third-order valence-corrected chi connectivity index (χ3v) is 5.00. The third-order valence-electron chi connectivity index (χ3n) is 3.10. The van der Waals surface area contributed by atoms with Crippen molar-refractivity contribution in [1.82, 2.24) is 9.97 Å². The highest BCUT2D eigenvalue weighted by Crippen LogP contribution is 2.34. The largest absolute Gasteiger partial charge is 0.357 e. The molecule has 0 bridgehead atoms. The number of aryl methyl sites for hydroxylation is 1. The number of rotatable bonds is 5. The second kappa shape index (κ2) is 6.89. The van der Waals surface area contributed by atoms with Crippen molar-refractivity contribution in [1.29, 1.82) is 0 Å². The minimum absolute atomic E-state index is 0.117. The average Bonchev–Trinajstić information content (AvgIpc) is 3.12. The lowest BCUT2D eigenvalue weighted by molar-refractivity contribution is -0.114. The fourth-order valence-electron chi connectivity index (χ4n) is 2.07. The SMILES string of the molecule is CC(=O)Nc1nc(C)c(-c2csc(NCc3ccccc3)n2)s1. The number of aromatic nitrogens is 2. The Morgan fingerprint density at radius 1 is 1.17 bits per heavy atom. The third kappa shape index (κ3) is 3.94. The molecule has 118 valence electrons. The Labute approximate surface area is 142 Å². The zero-order chi connectivity index (χ0) is 16.2. The van der Waals surface area contributed by atoms with Crippen LogP contribution in [0.2, 0.25) is 0 Å². The predicted octanol–water partition coefficient (Wildman–Crippen LogP) is 4.15. The highest BCUT2D eigenvalue weighted by atomic mass is 32.1. The van der Waals surface area contributed by atoms with E-state index >= 15 is 0 Å². The van der Waals surface area contributed by atoms with Crippen molar-refractivity contribution < 1.29 is 4.79 Å². The summed E-state index contributed by atoms with van der Waals surface area (Å²) in [6.45, 7) is 4.14. The first-order valence-corrected chi connectivity index (χ1v) is 8.80. The van der Waals surface area contributed by atoms with E-state index in [1.165, 1.54) is 23.8 Å². The molecule has 0 aliphatic heterocycles. The van der Waals surface area contributed by atoms with Crippen LogP contribution in [0.25, 0.3) is 10.6 Å². The number of benzene rings is 1. The van der Waals surface area contributed by atoms with Gasteiger partial charge in [0.1, 0.15) is 0 Å². The smallest absolute Gasteiger partial charge is 0.223 e. The van der Waals surface area contributed by atoms with Gasteiger partial charge in [-0.2, -0.15) is 0 Å². The second-order valence-electron chi connectivity index (χ2n) is 4.99. The Bertz CT molecular complexity index is 811. The number of hydrogen-bond donors (Lipinski definition) is 2. The molecule has 3 aromatic rings. The lowest BCUT2D eigenvalue weighted by Crippen LogP contribution is -2.04. The van der Waals surface area contributed by atoms with Crippen LogP contribution >= 0.6 is 22.7 Å². The van der Waals surface area contributed by atoms with E-state index < -0.39 is 0 Å². The summed E-state index contributed by atoms with van der Waals surface area (Å²) in [6, 6.07) is 10.2. The second-order valence-corrected chi connectivity index (χ2v) is 6.85. The normalized spacial score (nSPS) is 10.5. The summed E-state index contributed by atoms with van der Waals surface area (Å²) in [5, 5.41) is 9.54. The molecule has 0 saturated carbocycles. The van der Waals surface area contributed by atoms with Crippen molar-refractivity contribution in [3.05, 3.63) is 47.0 Å². The molecule has 2 N–H and O–H groups in total. The van der Waals surface area contributed by atoms with E-state index in [1.54, 1.807) is 11.3 Å². The van der Waals surface area contributed by atoms with Gasteiger partial charge >= 0.3 is 0 Å². The summed E-state index contributed by atoms with van der Waals surface area (Å²) in [6.07, 6.45) is 0. The first-order chi connectivity index (χ1) is 11.1. The minimum Gasteiger partial charge on any atom is -0.357 e. The number of thiazole rings is 2. The molecule has 2 aromatic heterocycles. The average molecular weight is 344 g/mol. The quantitative estimate of drug-likeness (QED) is 0.730. The van der Waals surface area contributed by atoms with Crippen LogP contribution in [0.1, 0.15) is 18.2 Å². The van der Waals surface area contributed by atoms with E-state index in [0.29, 0.717) is 5.13 Å². The van der Waals surface area contributed by atoms with Crippen LogP contribution in [-0.2, 0) is 11.3 Å². The molecule has 5 nitrogen and oxygen atoms in total. The molecule has 0 atom stereocenters. The van der Waals surface area contributed by atoms with Gasteiger partial charge in [0.25, 0.3) is 0 Å². The zero-order valence-corrected chi connectivity index (χ0v) is 14.4. The molecule has 1 aromatic carbocycles. The van der Waals surface area contributed by atoms with E-state index in [9.17, 15) is 4.79 Å². The molecule has 0 unspecified atom stereocenters. The number of anilines is 2. The standard InChI is InChI=1S/C16H16N4OS2/c1-10-14(23-16(18-10)19-11(2)21)13-9-22-15(20-13)17-8-12-6-4-3-5-7-12/h3-7,9H,8H2,1-2H3,(H,17,20)(H,18,19,21). The number of amides is 1. The molecule has 0 radical (unpaired) electrons. The van der Waals surface area contributed by atoms with Crippen LogP contribution in [0.15, 0.2) is 35.7 Å². The van der Waals surface area contributed by atoms with Gasteiger partial charge in [-0.15, -0.1) is 11.3 Å². The monoisotopic (exact) mass is 344 g/mol. The molecule has 3 rings (SSSR count). The van der Waals surface area contributed by atoms with Crippen molar-refractivity contribution >= 4 is 38.8 Å². The Hall–Kier alpha value is -2.25. The maximum Gasteiger partial charge on any atom is 0.223 e. The molecule has 0 fully saturated rings. The molecule has 2 heterocycles. The van der Waals surface area contributed by atoms with Crippen molar-refractivity contribution in [2.75, 3.05) is 10.6 Å². The van der Waals surface area contributed by atoms with E-state index in [4.69, 9.17) is 0 Å². The minimum atomic E-state index is -0.117. The Kier molecular flexibility index (Phi) is 4.68. The molecule has 7 heteroatoms. The van der Waals surface area contributed by atoms with Crippen molar-refractivity contribution in [2.24, 2.45) is 0 Å². The van der Waals surface area contributed by atoms with Gasteiger partial charge in [0, 0.05) is 18.8 Å². The molecule has 0 aliphatic carbocycles. The number of nitrogens with zero attached hydrogens (tertiary/aromatic N) is 2. The van der Waals surface area contributed by atoms with E-state index in [-0.39, 0.29) is 5.91 Å². The first-order valence-electron chi connectivity index (χ1n) is 7.10. The first kappa shape index (κ1) is 15.6. The molecule has 23 heavy (non-hydrogen) atoms. The maximum absolute atomic E-state index is 11.1. The Balaban J connectivity index is 1.71. The number of carbonyl (C=O) groups is 1. The molecular weight excluding hydrogens is 328 g/mol. The number of carbonyl (C=O) groups excluding carboxylic acids is 1. The Morgan fingerprint density at radius 2 is 1.96 bits per heavy atom. The fourth-order valence-corrected chi connectivity index (χ4v) is 3.82. The van der Waals surface area contributed by atoms with E-state index in [2.05, 4.69) is 32.7 Å². The molecule has 0 aliphatic rings. The summed E-state index contributed by atoms with van der Waals surface area (Å²) in [4.78, 5) is 21.1. The van der Waals surface area contributed by atoms with Gasteiger partial charge < -0.3 is 10.6 Å². The summed E-state index contributed by atoms with van der Waals surface area (Å²) >= 11 is 3.01. The van der Waals surface area contributed by atoms with Crippen LogP contribution in [-0.4, -0.2) is 15.9 Å². The fraction of sp³-hybridized carbons (Fsp3) is 0.188. The number of hydrogen-bond acceptors (Lipinski definition) is 6. The summed E-state index contributed by atoms with van der Waals surface area (Å²) in [5.41, 5.74) is 2.97. The van der Waals surface area contributed by atoms with Crippen LogP contribution in [0, 0.1) is 6.92 Å². The zero-order valence-electron chi connectivity index (χ0n) is 12.8. The van der Waals surface area contributed by atoms with Crippen molar-refractivity contribution in [3.8, 4) is 10.6 Å². The van der Waals surface area contributed by atoms with Crippen molar-refractivity contribution in [2.45, 2.75) is 20.4 Å². The van der Waals surface area contributed by atoms with Crippen LogP contribution < -0.4 is 10.6 Å². The van der Waals surface area contributed by atoms with Crippen LogP contribution in [0.5, 0.6) is 0 Å². The summed E-state index contributed by atoms with van der Waals surface area (Å²) < 4.78 is 0. The molecular formula is C16H16N4OS2. The summed E-state index contributed by atoms with van der Waals surface area (Å²) in [7, 11) is 0. The predicted molar refractivity (Wildman–Crippen MR) is 96.0 cm³/mol. The van der Waals surface area contributed by atoms with E-state index in [1.807, 2.05) is 30.5 Å². The highest BCUT2D eigenvalue weighted by Gasteiger charge is 2.13. The van der Waals surface area contributed by atoms with Gasteiger partial charge in [0.05, 0.1) is 16.3 Å². The molecule has 1 amide bonds. The van der Waals surface area contributed by atoms with Crippen LogP contribution in [0.4, 0.5) is 10.3 Å². The van der Waals surface area contributed by atoms with E-state index in [0.717, 1.165) is 27.9 Å². The van der Waals surface area contributed by atoms with Gasteiger partial charge in [-0.3, -0.25) is 4.79 Å². The van der Waals surface area contributed by atoms with Gasteiger partial charge in [-0.25, -0.2) is 9.97 Å². The summed E-state index contributed by atoms with van der Waals surface area (Å²) in [5.74, 6) is -0.117. The number of nitrogens with one attached hydrogen (secondary N) is 2. The van der Waals surface area contributed by atoms with Gasteiger partial charge in [0.15, 0.2) is 10.3 Å². The van der Waals surface area contributed by atoms with Gasteiger partial charge in [-0.1, -0.05) is 41.7 Å². The lowest BCUT2D eigenvalue weighted by atomic mass is 10.2. The lowest BCUT2D eigenvalue weighted by Gasteiger charge is -2.01. The molecule has 0 spiro atoms. The van der Waals surface area contributed by atoms with Gasteiger partial charge in [0.2, 0.25) is 5.91 Å². The molecule has 0 saturated heterocycles. The Morgan fingerprint density at radius 3 is 2.70 bits per heavy atom. The van der Waals surface area contributed by atoms with Gasteiger partial charge in [-0.05, 0) is 12.5 Å². The topological polar surface area (TPSA) is 66.9 Å². The highest BCUT2D eigenvalue weighted by molar-refractivity contribution is 7.19. The maximum atomic E-state index is 11.1. The van der Waals surface area contributed by atoms with Crippen molar-refractivity contribution in [3.63, 3.8) is 0 Å². The van der Waals surface area contributed by atoms with Crippen LogP contribution in [0.3, 0.4) is 0 Å².